The molecule has 9 heteroatoms. The zero-order valence-electron chi connectivity index (χ0n) is 28.4. The second-order valence-electron chi connectivity index (χ2n) is 13.0. The molecule has 4 rings (SSSR count). The quantitative estimate of drug-likeness (QED) is 0.0627. The lowest BCUT2D eigenvalue weighted by molar-refractivity contribution is -0.00617. The molecule has 9 nitrogen and oxygen atoms in total. The van der Waals surface area contributed by atoms with Crippen LogP contribution in [0.1, 0.15) is 107 Å². The van der Waals surface area contributed by atoms with E-state index in [9.17, 15) is 20.1 Å². The van der Waals surface area contributed by atoms with Crippen molar-refractivity contribution in [3.8, 4) is 5.75 Å². The lowest BCUT2D eigenvalue weighted by atomic mass is 9.80. The Kier molecular flexibility index (Phi) is 14.0. The van der Waals surface area contributed by atoms with Crippen LogP contribution in [0.4, 0.5) is 0 Å². The monoisotopic (exact) mass is 646 g/mol. The summed E-state index contributed by atoms with van der Waals surface area (Å²) in [5, 5.41) is 36.5. The van der Waals surface area contributed by atoms with Gasteiger partial charge in [0.2, 0.25) is 11.4 Å². The van der Waals surface area contributed by atoms with Gasteiger partial charge in [0.1, 0.15) is 11.5 Å². The molecule has 2 aromatic heterocycles. The fourth-order valence-electron chi connectivity index (χ4n) is 6.45. The fraction of sp³-hybridized carbons (Fsp3) is 0.526. The van der Waals surface area contributed by atoms with Crippen molar-refractivity contribution in [1.82, 2.24) is 20.2 Å². The molecule has 256 valence electrons. The number of nitrogens with zero attached hydrogens (tertiary/aromatic N) is 2. The summed E-state index contributed by atoms with van der Waals surface area (Å²) < 4.78 is 6.16. The highest BCUT2D eigenvalue weighted by Crippen LogP contribution is 2.38. The van der Waals surface area contributed by atoms with Gasteiger partial charge in [0.25, 0.3) is 0 Å². The number of fused-ring (bicyclic) bond motifs is 1. The first kappa shape index (κ1) is 36.3. The zero-order valence-corrected chi connectivity index (χ0v) is 28.4. The first-order chi connectivity index (χ1) is 22.7. The van der Waals surface area contributed by atoms with E-state index in [1.165, 1.54) is 44.2 Å². The maximum absolute atomic E-state index is 11.8. The molecule has 2 aromatic carbocycles. The minimum atomic E-state index is -1.25. The maximum Gasteiger partial charge on any atom is 0.248 e. The van der Waals surface area contributed by atoms with E-state index < -0.39 is 11.7 Å². The second-order valence-corrected chi connectivity index (χ2v) is 13.0. The van der Waals surface area contributed by atoms with Crippen LogP contribution in [0.25, 0.3) is 10.9 Å². The van der Waals surface area contributed by atoms with Crippen molar-refractivity contribution >= 4 is 10.9 Å². The number of phenols is 1. The van der Waals surface area contributed by atoms with E-state index in [4.69, 9.17) is 4.42 Å². The molecule has 4 aromatic rings. The average molecular weight is 647 g/mol. The van der Waals surface area contributed by atoms with Gasteiger partial charge in [-0.15, -0.1) is 0 Å². The van der Waals surface area contributed by atoms with Crippen molar-refractivity contribution in [3.63, 3.8) is 0 Å². The van der Waals surface area contributed by atoms with Gasteiger partial charge >= 0.3 is 0 Å². The van der Waals surface area contributed by atoms with E-state index in [1.807, 2.05) is 30.3 Å². The minimum Gasteiger partial charge on any atom is -0.506 e. The number of aliphatic hydroxyl groups excluding tert-OH is 1. The lowest BCUT2D eigenvalue weighted by Gasteiger charge is -2.31. The van der Waals surface area contributed by atoms with Crippen molar-refractivity contribution in [2.24, 2.45) is 5.92 Å². The van der Waals surface area contributed by atoms with Crippen LogP contribution in [0.3, 0.4) is 0 Å². The van der Waals surface area contributed by atoms with Gasteiger partial charge in [-0.3, -0.25) is 9.69 Å². The summed E-state index contributed by atoms with van der Waals surface area (Å²) in [6.07, 6.45) is 12.4. The molecule has 0 radical (unpaired) electrons. The molecule has 3 atom stereocenters. The van der Waals surface area contributed by atoms with Gasteiger partial charge in [-0.25, -0.2) is 4.98 Å². The molecule has 0 aliphatic carbocycles. The Morgan fingerprint density at radius 3 is 2.40 bits per heavy atom. The van der Waals surface area contributed by atoms with E-state index in [0.717, 1.165) is 56.5 Å². The van der Waals surface area contributed by atoms with Crippen molar-refractivity contribution in [2.75, 3.05) is 26.7 Å². The third-order valence-corrected chi connectivity index (χ3v) is 9.20. The van der Waals surface area contributed by atoms with Crippen LogP contribution in [0.2, 0.25) is 0 Å². The van der Waals surface area contributed by atoms with Crippen LogP contribution in [-0.4, -0.2) is 56.9 Å². The number of H-pyrrole nitrogens is 1. The van der Waals surface area contributed by atoms with E-state index >= 15 is 0 Å². The number of nitrogens with one attached hydrogen (secondary N) is 2. The molecule has 47 heavy (non-hydrogen) atoms. The summed E-state index contributed by atoms with van der Waals surface area (Å²) in [7, 11) is 2.10. The summed E-state index contributed by atoms with van der Waals surface area (Å²) in [6, 6.07) is 16.0. The van der Waals surface area contributed by atoms with E-state index in [-0.39, 0.29) is 17.2 Å². The van der Waals surface area contributed by atoms with E-state index in [0.29, 0.717) is 35.4 Å². The Labute approximate surface area is 279 Å². The van der Waals surface area contributed by atoms with Crippen molar-refractivity contribution in [2.45, 2.75) is 96.3 Å². The molecule has 0 amide bonds. The van der Waals surface area contributed by atoms with Crippen LogP contribution < -0.4 is 10.9 Å². The number of aromatic amines is 1. The van der Waals surface area contributed by atoms with E-state index in [2.05, 4.69) is 41.1 Å². The summed E-state index contributed by atoms with van der Waals surface area (Å²) in [6.45, 7) is 7.10. The normalized spacial score (nSPS) is 14.4. The molecule has 3 unspecified atom stereocenters. The number of rotatable bonds is 21. The molecular formula is C38H54N4O5. The van der Waals surface area contributed by atoms with Gasteiger partial charge in [0.15, 0.2) is 5.60 Å². The molecule has 5 N–H and O–H groups in total. The summed E-state index contributed by atoms with van der Waals surface area (Å²) in [5.41, 5.74) is 0.320. The van der Waals surface area contributed by atoms with Gasteiger partial charge < -0.3 is 30.0 Å². The summed E-state index contributed by atoms with van der Waals surface area (Å²) in [5.74, 6) is 1.13. The molecule has 0 aliphatic heterocycles. The first-order valence-corrected chi connectivity index (χ1v) is 17.4. The predicted octanol–water partition coefficient (Wildman–Crippen LogP) is 6.77. The SMILES string of the molecule is CCCC(C)C(O)(c1ccccc1)c1ncc(CN(C)CCCCCCCCCCNCC(O)c2ccc(O)c3[nH]c(=O)ccc23)o1. The Hall–Kier alpha value is -3.50. The topological polar surface area (TPSA) is 135 Å². The van der Waals surface area contributed by atoms with Gasteiger partial charge in [-0.1, -0.05) is 95.2 Å². The number of pyridine rings is 1. The number of benzene rings is 2. The highest BCUT2D eigenvalue weighted by Gasteiger charge is 2.41. The van der Waals surface area contributed by atoms with Crippen LogP contribution in [-0.2, 0) is 12.1 Å². The summed E-state index contributed by atoms with van der Waals surface area (Å²) in [4.78, 5) is 21.1. The number of phenolic OH excluding ortho intramolecular Hbond substituents is 1. The van der Waals surface area contributed by atoms with Crippen LogP contribution in [0, 0.1) is 5.92 Å². The molecule has 0 fully saturated rings. The van der Waals surface area contributed by atoms with Gasteiger partial charge in [0.05, 0.1) is 24.4 Å². The number of hydrogen-bond donors (Lipinski definition) is 5. The maximum atomic E-state index is 11.8. The molecule has 0 aliphatic rings. The lowest BCUT2D eigenvalue weighted by Crippen LogP contribution is -2.35. The Morgan fingerprint density at radius 1 is 0.979 bits per heavy atom. The number of unbranched alkanes of at least 4 members (excludes halogenated alkanes) is 7. The predicted molar refractivity (Wildman–Crippen MR) is 187 cm³/mol. The van der Waals surface area contributed by atoms with Crippen LogP contribution >= 0.6 is 0 Å². The highest BCUT2D eigenvalue weighted by molar-refractivity contribution is 5.87. The number of oxazole rings is 1. The Morgan fingerprint density at radius 2 is 1.68 bits per heavy atom. The second kappa shape index (κ2) is 18.2. The molecule has 0 saturated heterocycles. The summed E-state index contributed by atoms with van der Waals surface area (Å²) >= 11 is 0. The van der Waals surface area contributed by atoms with E-state index in [1.54, 1.807) is 18.3 Å². The first-order valence-electron chi connectivity index (χ1n) is 17.4. The molecule has 0 saturated carbocycles. The van der Waals surface area contributed by atoms with Crippen molar-refractivity contribution in [3.05, 3.63) is 93.9 Å². The molecule has 0 spiro atoms. The minimum absolute atomic E-state index is 0.00218. The van der Waals surface area contributed by atoms with Gasteiger partial charge in [-0.05, 0) is 68.6 Å². The van der Waals surface area contributed by atoms with Crippen LogP contribution in [0.15, 0.2) is 70.0 Å². The van der Waals surface area contributed by atoms with Crippen molar-refractivity contribution < 1.29 is 19.7 Å². The van der Waals surface area contributed by atoms with Crippen LogP contribution in [0.5, 0.6) is 5.75 Å². The molecule has 2 heterocycles. The van der Waals surface area contributed by atoms with Gasteiger partial charge in [-0.2, -0.15) is 0 Å². The largest absolute Gasteiger partial charge is 0.506 e. The molecule has 0 bridgehead atoms. The molecular weight excluding hydrogens is 592 g/mol. The Bertz CT molecular complexity index is 1550. The smallest absolute Gasteiger partial charge is 0.248 e. The third-order valence-electron chi connectivity index (χ3n) is 9.20. The standard InChI is InChI=1S/C38H54N4O5/c1-4-16-28(2)38(46,29-17-12-11-13-18-29)37-40-25-30(47-37)27-42(3)24-15-10-8-6-5-7-9-14-23-39-26-34(44)31-19-21-33(43)36-32(31)20-22-35(45)41-36/h11-13,17-22,25,28,34,39,43-44,46H,4-10,14-16,23-24,26-27H2,1-3H3,(H,41,45). The number of aliphatic hydroxyl groups is 2. The Balaban J connectivity index is 1.06. The number of hydrogen-bond acceptors (Lipinski definition) is 8. The van der Waals surface area contributed by atoms with Gasteiger partial charge in [0, 0.05) is 18.0 Å². The zero-order chi connectivity index (χ0) is 33.6. The number of aromatic nitrogens is 2. The average Bonchev–Trinajstić information content (AvgIpc) is 3.54. The number of aromatic hydroxyl groups is 1. The fourth-order valence-corrected chi connectivity index (χ4v) is 6.45. The van der Waals surface area contributed by atoms with Crippen molar-refractivity contribution in [1.29, 1.82) is 0 Å². The highest BCUT2D eigenvalue weighted by atomic mass is 16.4. The third kappa shape index (κ3) is 10.00.